The first-order chi connectivity index (χ1) is 1.00. The summed E-state index contributed by atoms with van der Waals surface area (Å²) in [5, 5.41) is 0. The van der Waals surface area contributed by atoms with Crippen molar-refractivity contribution < 1.29 is 19.8 Å². The van der Waals surface area contributed by atoms with Crippen LogP contribution in [-0.4, -0.2) is 67.7 Å². The molecule has 0 rings (SSSR count). The average molecular weight is 224 g/mol. The van der Waals surface area contributed by atoms with Crippen LogP contribution in [0.5, 0.6) is 0 Å². The van der Waals surface area contributed by atoms with Gasteiger partial charge in [-0.2, -0.15) is 0 Å². The molecule has 0 aliphatic heterocycles. The predicted molar refractivity (Wildman–Crippen MR) is 12.2 cm³/mol. The van der Waals surface area contributed by atoms with Crippen LogP contribution in [0.15, 0.2) is 0 Å². The van der Waals surface area contributed by atoms with E-state index in [1.165, 1.54) is 0 Å². The van der Waals surface area contributed by atoms with Crippen LogP contribution in [0.2, 0.25) is 0 Å². The Balaban J connectivity index is -0.00000000500. The van der Waals surface area contributed by atoms with E-state index in [0.29, 0.717) is 0 Å². The SMILES string of the molecule is [Ba].[Li].[O]=[Cu]. The Kier molecular flexibility index (Phi) is 71.7. The molecule has 0 fully saturated rings. The number of hydrogen-bond donors (Lipinski definition) is 0. The summed E-state index contributed by atoms with van der Waals surface area (Å²) >= 11 is 2.94. The summed E-state index contributed by atoms with van der Waals surface area (Å²) in [7, 11) is 0. The fraction of sp³-hybridized carbons (Fsp3) is 0. The molecule has 0 unspecified atom stereocenters. The molecule has 0 aromatic rings. The minimum absolute atomic E-state index is 0. The van der Waals surface area contributed by atoms with Gasteiger partial charge in [0.25, 0.3) is 0 Å². The number of hydrogen-bond acceptors (Lipinski definition) is 1. The Morgan fingerprint density at radius 3 is 1.25 bits per heavy atom. The van der Waals surface area contributed by atoms with Crippen molar-refractivity contribution in [1.82, 2.24) is 0 Å². The van der Waals surface area contributed by atoms with Gasteiger partial charge in [0.15, 0.2) is 0 Å². The molecule has 20 valence electrons. The minimum atomic E-state index is 0. The topological polar surface area (TPSA) is 17.1 Å². The van der Waals surface area contributed by atoms with E-state index in [2.05, 4.69) is 15.9 Å². The first-order valence-corrected chi connectivity index (χ1v) is 0.508. The zero-order chi connectivity index (χ0) is 2.00. The van der Waals surface area contributed by atoms with Crippen molar-refractivity contribution in [3.05, 3.63) is 0 Å². The summed E-state index contributed by atoms with van der Waals surface area (Å²) in [6.07, 6.45) is 0. The summed E-state index contributed by atoms with van der Waals surface area (Å²) < 4.78 is 7.81. The van der Waals surface area contributed by atoms with Crippen molar-refractivity contribution in [2.45, 2.75) is 0 Å². The molecule has 0 atom stereocenters. The average Bonchev–Trinajstić information content (AvgIpc) is 1.00. The van der Waals surface area contributed by atoms with E-state index in [-0.39, 0.29) is 67.7 Å². The molecule has 1 nitrogen and oxygen atoms in total. The summed E-state index contributed by atoms with van der Waals surface area (Å²) in [5.41, 5.74) is 0. The molecular weight excluding hydrogens is 224 g/mol. The maximum atomic E-state index is 7.81. The second-order valence-corrected chi connectivity index (χ2v) is 0. The first kappa shape index (κ1) is 16.1. The van der Waals surface area contributed by atoms with E-state index in [9.17, 15) is 0 Å². The quantitative estimate of drug-likeness (QED) is 0.488. The number of rotatable bonds is 0. The van der Waals surface area contributed by atoms with Crippen LogP contribution in [-0.2, 0) is 19.8 Å². The Morgan fingerprint density at radius 1 is 1.25 bits per heavy atom. The molecule has 4 heteroatoms. The van der Waals surface area contributed by atoms with Gasteiger partial charge in [-0.3, -0.25) is 0 Å². The summed E-state index contributed by atoms with van der Waals surface area (Å²) in [6.45, 7) is 0. The second-order valence-electron chi connectivity index (χ2n) is 0. The van der Waals surface area contributed by atoms with E-state index in [4.69, 9.17) is 3.83 Å². The molecule has 0 aliphatic carbocycles. The molecule has 0 heterocycles. The Morgan fingerprint density at radius 2 is 1.25 bits per heavy atom. The van der Waals surface area contributed by atoms with Crippen LogP contribution in [0.4, 0.5) is 0 Å². The van der Waals surface area contributed by atoms with Crippen molar-refractivity contribution in [2.24, 2.45) is 0 Å². The van der Waals surface area contributed by atoms with Crippen LogP contribution in [0.3, 0.4) is 0 Å². The molecule has 0 aromatic carbocycles. The Bertz CT molecular complexity index is 8.00. The zero-order valence-electron chi connectivity index (χ0n) is 2.42. The third kappa shape index (κ3) is 8.82. The standard InChI is InChI=1S/Ba.Cu.Li.O. The molecule has 4 heavy (non-hydrogen) atoms. The van der Waals surface area contributed by atoms with Gasteiger partial charge >= 0.3 is 19.8 Å². The second kappa shape index (κ2) is 17.9. The molecule has 0 N–H and O–H groups in total. The monoisotopic (exact) mass is 224 g/mol. The van der Waals surface area contributed by atoms with Gasteiger partial charge in [-0.15, -0.1) is 0 Å². The van der Waals surface area contributed by atoms with Crippen molar-refractivity contribution in [1.29, 1.82) is 0 Å². The van der Waals surface area contributed by atoms with Crippen LogP contribution in [0, 0.1) is 0 Å². The molecule has 0 amide bonds. The van der Waals surface area contributed by atoms with E-state index >= 15 is 0 Å². The first-order valence-electron chi connectivity index (χ1n) is 0.123. The molecule has 0 saturated heterocycles. The van der Waals surface area contributed by atoms with Gasteiger partial charge in [-0.1, -0.05) is 0 Å². The van der Waals surface area contributed by atoms with Gasteiger partial charge in [0.1, 0.15) is 0 Å². The fourth-order valence-corrected chi connectivity index (χ4v) is 0. The van der Waals surface area contributed by atoms with E-state index in [0.717, 1.165) is 0 Å². The van der Waals surface area contributed by atoms with E-state index in [1.54, 1.807) is 0 Å². The van der Waals surface area contributed by atoms with Crippen molar-refractivity contribution in [3.8, 4) is 0 Å². The fourth-order valence-electron chi connectivity index (χ4n) is 0. The molecule has 3 radical (unpaired) electrons. The summed E-state index contributed by atoms with van der Waals surface area (Å²) in [5.74, 6) is 0. The molecule has 0 aliphatic rings. The molecule has 0 aromatic heterocycles. The van der Waals surface area contributed by atoms with Crippen molar-refractivity contribution >= 4 is 67.7 Å². The Hall–Kier alpha value is 2.49. The van der Waals surface area contributed by atoms with Crippen LogP contribution in [0.25, 0.3) is 0 Å². The normalized spacial score (nSPS) is 1.50. The summed E-state index contributed by atoms with van der Waals surface area (Å²) in [4.78, 5) is 0. The third-order valence-corrected chi connectivity index (χ3v) is 0. The zero-order valence-corrected chi connectivity index (χ0v) is 7.80. The van der Waals surface area contributed by atoms with Gasteiger partial charge in [0.05, 0.1) is 0 Å². The maximum absolute atomic E-state index is 7.81. The predicted octanol–water partition coefficient (Wildman–Crippen LogP) is -0.883. The Labute approximate surface area is 85.6 Å². The van der Waals surface area contributed by atoms with Crippen LogP contribution >= 0.6 is 0 Å². The van der Waals surface area contributed by atoms with E-state index in [1.807, 2.05) is 0 Å². The molecule has 0 bridgehead atoms. The molecular formula is BaCuLiO. The van der Waals surface area contributed by atoms with Gasteiger partial charge in [-0.25, -0.2) is 0 Å². The van der Waals surface area contributed by atoms with Gasteiger partial charge in [0.2, 0.25) is 0 Å². The van der Waals surface area contributed by atoms with Crippen LogP contribution < -0.4 is 0 Å². The van der Waals surface area contributed by atoms with Crippen molar-refractivity contribution in [3.63, 3.8) is 0 Å². The van der Waals surface area contributed by atoms with Gasteiger partial charge < -0.3 is 0 Å². The van der Waals surface area contributed by atoms with Gasteiger partial charge in [0, 0.05) is 67.7 Å². The van der Waals surface area contributed by atoms with Gasteiger partial charge in [-0.05, 0) is 0 Å². The summed E-state index contributed by atoms with van der Waals surface area (Å²) in [6, 6.07) is 0. The van der Waals surface area contributed by atoms with E-state index < -0.39 is 0 Å². The molecule has 0 saturated carbocycles. The van der Waals surface area contributed by atoms with Crippen LogP contribution in [0.1, 0.15) is 0 Å². The molecule has 0 spiro atoms. The van der Waals surface area contributed by atoms with Crippen molar-refractivity contribution in [2.75, 3.05) is 0 Å². The third-order valence-electron chi connectivity index (χ3n) is 0.